The van der Waals surface area contributed by atoms with Gasteiger partial charge in [-0.3, -0.25) is 86.9 Å². The van der Waals surface area contributed by atoms with Crippen molar-refractivity contribution in [2.45, 2.75) is 241 Å². The van der Waals surface area contributed by atoms with Crippen molar-refractivity contribution in [1.82, 2.24) is 103 Å². The van der Waals surface area contributed by atoms with Gasteiger partial charge < -0.3 is 125 Å². The first kappa shape index (κ1) is 104. The van der Waals surface area contributed by atoms with E-state index in [0.29, 0.717) is 69.9 Å². The van der Waals surface area contributed by atoms with Crippen molar-refractivity contribution in [3.8, 4) is 5.75 Å². The van der Waals surface area contributed by atoms with Crippen LogP contribution in [-0.2, 0) is 107 Å². The Labute approximate surface area is 790 Å². The van der Waals surface area contributed by atoms with Gasteiger partial charge in [0, 0.05) is 118 Å². The number of phenols is 1. The van der Waals surface area contributed by atoms with Crippen LogP contribution in [0.3, 0.4) is 0 Å². The summed E-state index contributed by atoms with van der Waals surface area (Å²) in [4.78, 5) is 271. The van der Waals surface area contributed by atoms with Crippen LogP contribution in [0.2, 0.25) is 0 Å². The van der Waals surface area contributed by atoms with Gasteiger partial charge in [-0.25, -0.2) is 4.98 Å². The second-order valence-corrected chi connectivity index (χ2v) is 36.4. The molecule has 4 aliphatic rings. The first-order chi connectivity index (χ1) is 65.1. The summed E-state index contributed by atoms with van der Waals surface area (Å²) in [5.74, 6) is -16.9. The normalized spacial score (nSPS) is 24.5. The van der Waals surface area contributed by atoms with Gasteiger partial charge in [0.25, 0.3) is 0 Å². The monoisotopic (exact) mass is 1900 g/mol. The molecule has 44 heteroatoms. The number of aromatic nitrogens is 4. The number of likely N-dealkylation sites (N-methyl/N-ethyl adjacent to an activating group) is 2. The van der Waals surface area contributed by atoms with Crippen molar-refractivity contribution >= 4 is 140 Å². The Balaban J connectivity index is 1.02. The number of nitrogens with zero attached hydrogens (tertiary/aromatic N) is 6. The number of para-hydroxylation sites is 2. The number of H-pyrrole nitrogens is 3. The van der Waals surface area contributed by atoms with Crippen molar-refractivity contribution in [2.75, 3.05) is 64.9 Å². The number of amides is 17. The number of phenolic OH excluding ortho intramolecular Hbond substituents is 1. The fourth-order valence-electron chi connectivity index (χ4n) is 17.7. The lowest BCUT2D eigenvalue weighted by atomic mass is 10.00. The van der Waals surface area contributed by atoms with Crippen LogP contribution in [0, 0.1) is 11.3 Å². The summed E-state index contributed by atoms with van der Waals surface area (Å²) in [6.07, 6.45) is 6.58. The van der Waals surface area contributed by atoms with Gasteiger partial charge in [0.1, 0.15) is 90.3 Å². The van der Waals surface area contributed by atoms with E-state index < -0.39 is 222 Å². The van der Waals surface area contributed by atoms with Gasteiger partial charge in [0.05, 0.1) is 31.7 Å². The zero-order valence-electron chi connectivity index (χ0n) is 77.4. The van der Waals surface area contributed by atoms with Crippen LogP contribution in [0.1, 0.15) is 153 Å². The number of fused-ring (bicyclic) bond motifs is 5. The van der Waals surface area contributed by atoms with Crippen LogP contribution in [-0.4, -0.2) is 311 Å². The molecule has 7 heterocycles. The Bertz CT molecular complexity index is 5260. The number of carbonyl (C=O) groups is 17. The zero-order valence-corrected chi connectivity index (χ0v) is 78.2. The Kier molecular flexibility index (Phi) is 38.4. The van der Waals surface area contributed by atoms with E-state index in [0.717, 1.165) is 26.5 Å². The summed E-state index contributed by atoms with van der Waals surface area (Å²) < 4.78 is 0. The number of nitrogens with one attached hydrogen (secondary N) is 15. The molecule has 1 unspecified atom stereocenters. The highest BCUT2D eigenvalue weighted by Crippen LogP contribution is 2.29. The predicted molar refractivity (Wildman–Crippen MR) is 501 cm³/mol. The highest BCUT2D eigenvalue weighted by Gasteiger charge is 2.47. The number of carbonyl (C=O) groups excluding carboxylic acids is 17. The SMILES string of the molecule is CCCC[C@H]1C(=O)N(C)[C@@H](CCCC)C(=O)N[C@@H](CCCNC(=N)N)C(=O)N[C@H](C(=O)NCC(N)=O)CSCC(=O)N[C@@H](Cc2ccc(O)cc2)C(=O)N2CCC[C@H]2C(=O)N[C@@H](CC(N)=O)C(=O)N2CCCC2C(=O)N[C@@H](Cc2cnc[nH]2)C(=O)N[C@@H](CC(C)C)C(=O)N2CCC[C@H]2C(=O)N[C@@H](Cc2c[nH]c3ccccc23)C(=O)N[C@@H](CO)C(=O)N[C@@H](Cc2c[nH]c3ccccc23)C(=O)N1C. The van der Waals surface area contributed by atoms with Crippen LogP contribution in [0.15, 0.2) is 97.7 Å². The van der Waals surface area contributed by atoms with E-state index >= 15 is 47.9 Å². The molecular weight excluding hydrogens is 1780 g/mol. The minimum Gasteiger partial charge on any atom is -0.508 e. The highest BCUT2D eigenvalue weighted by molar-refractivity contribution is 8.00. The van der Waals surface area contributed by atoms with E-state index in [9.17, 15) is 43.8 Å². The lowest BCUT2D eigenvalue weighted by Gasteiger charge is -2.36. The fourth-order valence-corrected chi connectivity index (χ4v) is 18.5. The number of aromatic hydroxyl groups is 1. The number of imidazole rings is 1. The fraction of sp³-hybridized carbons (Fsp3) is 0.533. The summed E-state index contributed by atoms with van der Waals surface area (Å²) in [6, 6.07) is -0.982. The van der Waals surface area contributed by atoms with Gasteiger partial charge >= 0.3 is 0 Å². The average molecular weight is 1910 g/mol. The third-order valence-corrected chi connectivity index (χ3v) is 25.9. The second kappa shape index (κ2) is 50.1. The number of hydrogen-bond acceptors (Lipinski definition) is 22. The zero-order chi connectivity index (χ0) is 98.6. The van der Waals surface area contributed by atoms with Gasteiger partial charge in [0.15, 0.2) is 5.96 Å². The number of aromatic amines is 3. The van der Waals surface area contributed by atoms with Crippen molar-refractivity contribution in [1.29, 1.82) is 5.41 Å². The smallest absolute Gasteiger partial charge is 0.246 e. The molecule has 0 saturated carbocycles. The average Bonchev–Trinajstić information content (AvgIpc) is 1.63. The van der Waals surface area contributed by atoms with Gasteiger partial charge in [-0.15, -0.1) is 11.8 Å². The predicted octanol–water partition coefficient (Wildman–Crippen LogP) is -1.76. The molecule has 0 radical (unpaired) electrons. The summed E-state index contributed by atoms with van der Waals surface area (Å²) in [7, 11) is 2.72. The molecule has 136 heavy (non-hydrogen) atoms. The Morgan fingerprint density at radius 3 is 1.51 bits per heavy atom. The highest BCUT2D eigenvalue weighted by atomic mass is 32.2. The number of thioether (sulfide) groups is 1. The molecular formula is C92H128N24O19S. The number of benzene rings is 3. The number of nitrogens with two attached hydrogens (primary N) is 3. The van der Waals surface area contributed by atoms with Crippen LogP contribution < -0.4 is 75.7 Å². The summed E-state index contributed by atoms with van der Waals surface area (Å²) in [6.45, 7) is 5.35. The first-order valence-corrected chi connectivity index (χ1v) is 47.3. The van der Waals surface area contributed by atoms with E-state index in [-0.39, 0.29) is 134 Å². The third kappa shape index (κ3) is 28.5. The molecule has 14 atom stereocenters. The van der Waals surface area contributed by atoms with E-state index in [4.69, 9.17) is 22.6 Å². The molecule has 17 amide bonds. The van der Waals surface area contributed by atoms with Crippen molar-refractivity contribution in [2.24, 2.45) is 23.1 Å². The molecule has 3 aromatic carbocycles. The standard InChI is InChI=1S/C92H128N24O19S/c1-7-9-24-70-83(127)104-61(23-15-33-98-92(95)96)79(123)111-69(78(122)101-46-76(94)120)48-136-49-77(121)103-65(38-52-29-31-56(118)32-30-52)89(133)115-35-18-28-73(115)86(130)109-67(42-75(93)119)90(134)116-36-17-27-72(116)85(129)106-63(41-55-45-97-50-102-55)81(125)107-64(37-51(3)4)88(132)114-34-16-26-71(114)84(128)105-62(39-53-43-99-59-21-13-11-19-57(53)59)80(124)110-68(47-117)82(126)108-66(40-54-44-100-60-22-14-12-20-58(54)60)87(131)113(6)74(25-10-8-2)91(135)112(70)5/h11-14,19-22,29-32,43-45,50-51,61-74,99-100,117-118H,7-10,15-18,23-28,33-42,46-49H2,1-6H3,(H2,93,119)(H2,94,120)(H,97,102)(H,101,122)(H,103,121)(H,104,127)(H,105,128)(H,106,129)(H,107,125)(H,108,126)(H,109,130)(H,110,124)(H,111,123)(H4,95,96,98)/t61-,62-,63-,64-,65-,66-,67-,68-,69-,70-,71-,72?,73-,74-/m0/s1. The van der Waals surface area contributed by atoms with Crippen LogP contribution >= 0.6 is 11.8 Å². The molecule has 10 rings (SSSR count). The Morgan fingerprint density at radius 2 is 0.985 bits per heavy atom. The van der Waals surface area contributed by atoms with E-state index in [1.54, 1.807) is 74.8 Å². The van der Waals surface area contributed by atoms with Gasteiger partial charge in [-0.2, -0.15) is 0 Å². The van der Waals surface area contributed by atoms with Crippen LogP contribution in [0.4, 0.5) is 0 Å². The minimum absolute atomic E-state index is 0.00210. The molecule has 4 fully saturated rings. The van der Waals surface area contributed by atoms with E-state index in [1.807, 2.05) is 13.8 Å². The molecule has 43 nitrogen and oxygen atoms in total. The number of guanidine groups is 1. The second-order valence-electron chi connectivity index (χ2n) is 35.3. The maximum Gasteiger partial charge on any atom is 0.246 e. The third-order valence-electron chi connectivity index (χ3n) is 24.8. The Morgan fingerprint density at radius 1 is 0.507 bits per heavy atom. The van der Waals surface area contributed by atoms with Gasteiger partial charge in [-0.05, 0) is 118 Å². The first-order valence-electron chi connectivity index (χ1n) is 46.2. The largest absolute Gasteiger partial charge is 0.508 e. The molecule has 0 aliphatic carbocycles. The molecule has 736 valence electrons. The summed E-state index contributed by atoms with van der Waals surface area (Å²) in [5, 5.41) is 60.3. The number of hydrogen-bond donors (Lipinski definition) is 20. The molecule has 3 aromatic heterocycles. The topological polar surface area (TPSA) is 641 Å². The number of primary amides is 2. The minimum atomic E-state index is -1.85. The maximum atomic E-state index is 15.8. The van der Waals surface area contributed by atoms with Gasteiger partial charge in [0.2, 0.25) is 100 Å². The number of rotatable bonds is 26. The van der Waals surface area contributed by atoms with Gasteiger partial charge in [-0.1, -0.05) is 102 Å². The maximum absolute atomic E-state index is 15.8. The molecule has 0 bridgehead atoms. The van der Waals surface area contributed by atoms with Crippen molar-refractivity contribution in [3.05, 3.63) is 120 Å². The number of aliphatic hydroxyl groups excluding tert-OH is 1. The van der Waals surface area contributed by atoms with Crippen molar-refractivity contribution in [3.63, 3.8) is 0 Å². The summed E-state index contributed by atoms with van der Waals surface area (Å²) in [5.41, 5.74) is 20.0. The van der Waals surface area contributed by atoms with Crippen LogP contribution in [0.25, 0.3) is 21.8 Å². The summed E-state index contributed by atoms with van der Waals surface area (Å²) >= 11 is 0.784. The number of aliphatic hydroxyl groups is 1. The molecule has 4 saturated heterocycles. The van der Waals surface area contributed by atoms with E-state index in [2.05, 4.69) is 78.4 Å². The van der Waals surface area contributed by atoms with Crippen molar-refractivity contribution < 1.29 is 91.7 Å². The lowest BCUT2D eigenvalue weighted by Crippen LogP contribution is -2.62. The molecule has 6 aromatic rings. The molecule has 0 spiro atoms. The molecule has 23 N–H and O–H groups in total. The Hall–Kier alpha value is -13.7. The lowest BCUT2D eigenvalue weighted by molar-refractivity contribution is -0.149. The quantitative estimate of drug-likeness (QED) is 0.0163. The molecule has 4 aliphatic heterocycles. The van der Waals surface area contributed by atoms with Crippen LogP contribution in [0.5, 0.6) is 5.75 Å². The van der Waals surface area contributed by atoms with E-state index in [1.165, 1.54) is 60.7 Å². The number of unbranched alkanes of at least 4 members (excludes halogenated alkanes) is 2.